The topological polar surface area (TPSA) is 52.7 Å². The highest BCUT2D eigenvalue weighted by Crippen LogP contribution is 2.20. The van der Waals surface area contributed by atoms with E-state index in [2.05, 4.69) is 10.2 Å². The fourth-order valence-corrected chi connectivity index (χ4v) is 3.11. The van der Waals surface area contributed by atoms with Crippen LogP contribution in [0.3, 0.4) is 0 Å². The summed E-state index contributed by atoms with van der Waals surface area (Å²) in [7, 11) is 0. The van der Waals surface area contributed by atoms with Gasteiger partial charge in [0.15, 0.2) is 0 Å². The van der Waals surface area contributed by atoms with E-state index in [1.165, 1.54) is 6.08 Å². The number of rotatable bonds is 5. The van der Waals surface area contributed by atoms with E-state index in [0.29, 0.717) is 6.42 Å². The molecule has 1 aliphatic heterocycles. The molecule has 0 aliphatic carbocycles. The molecule has 1 fully saturated rings. The lowest BCUT2D eigenvalue weighted by Crippen LogP contribution is -2.48. The monoisotopic (exact) mass is 363 g/mol. The predicted molar refractivity (Wildman–Crippen MR) is 110 cm³/mol. The van der Waals surface area contributed by atoms with Crippen molar-refractivity contribution in [2.45, 2.75) is 13.3 Å². The summed E-state index contributed by atoms with van der Waals surface area (Å²) in [6.45, 7) is 5.08. The summed E-state index contributed by atoms with van der Waals surface area (Å²) in [5.74, 6) is 0.0644. The Balaban J connectivity index is 1.52. The maximum Gasteiger partial charge on any atom is 0.248 e. The highest BCUT2D eigenvalue weighted by Gasteiger charge is 2.19. The summed E-state index contributed by atoms with van der Waals surface area (Å²) < 4.78 is 0. The van der Waals surface area contributed by atoms with E-state index in [1.54, 1.807) is 6.08 Å². The minimum atomic E-state index is -0.154. The van der Waals surface area contributed by atoms with Crippen molar-refractivity contribution in [3.8, 4) is 0 Å². The fraction of sp³-hybridized carbons (Fsp3) is 0.273. The van der Waals surface area contributed by atoms with Crippen molar-refractivity contribution in [1.29, 1.82) is 0 Å². The molecule has 3 rings (SSSR count). The zero-order valence-corrected chi connectivity index (χ0v) is 15.6. The summed E-state index contributed by atoms with van der Waals surface area (Å²) in [6, 6.07) is 17.6. The molecule has 0 aromatic heterocycles. The van der Waals surface area contributed by atoms with Crippen LogP contribution in [-0.2, 0) is 9.59 Å². The standard InChI is InChI=1S/C22H25N3O2/c1-2-22(27)25-16-14-24(15-17-25)20-11-9-19(10-12-20)23-21(26)13-8-18-6-4-3-5-7-18/h3-13H,2,14-17H2,1H3,(H,23,26). The van der Waals surface area contributed by atoms with E-state index in [0.717, 1.165) is 43.1 Å². The van der Waals surface area contributed by atoms with E-state index in [1.807, 2.05) is 66.4 Å². The van der Waals surface area contributed by atoms with Crippen molar-refractivity contribution in [1.82, 2.24) is 4.90 Å². The Labute approximate surface area is 160 Å². The predicted octanol–water partition coefficient (Wildman–Crippen LogP) is 3.40. The smallest absolute Gasteiger partial charge is 0.248 e. The molecule has 2 amide bonds. The number of hydrogen-bond donors (Lipinski definition) is 1. The third-order valence-electron chi connectivity index (χ3n) is 4.66. The normalized spacial score (nSPS) is 14.4. The highest BCUT2D eigenvalue weighted by atomic mass is 16.2. The van der Waals surface area contributed by atoms with Crippen LogP contribution < -0.4 is 10.2 Å². The maximum absolute atomic E-state index is 12.1. The molecule has 0 saturated carbocycles. The van der Waals surface area contributed by atoms with E-state index in [4.69, 9.17) is 0 Å². The van der Waals surface area contributed by atoms with Crippen molar-refractivity contribution in [3.05, 3.63) is 66.2 Å². The summed E-state index contributed by atoms with van der Waals surface area (Å²) in [5, 5.41) is 2.87. The zero-order valence-electron chi connectivity index (χ0n) is 15.6. The Kier molecular flexibility index (Phi) is 6.26. The lowest BCUT2D eigenvalue weighted by atomic mass is 10.2. The Morgan fingerprint density at radius 1 is 0.963 bits per heavy atom. The zero-order chi connectivity index (χ0) is 19.1. The summed E-state index contributed by atoms with van der Waals surface area (Å²) in [5.41, 5.74) is 2.86. The first-order chi connectivity index (χ1) is 13.2. The van der Waals surface area contributed by atoms with Crippen LogP contribution in [0.15, 0.2) is 60.7 Å². The number of carbonyl (C=O) groups excluding carboxylic acids is 2. The van der Waals surface area contributed by atoms with Crippen molar-refractivity contribution in [3.63, 3.8) is 0 Å². The molecule has 0 spiro atoms. The molecule has 27 heavy (non-hydrogen) atoms. The molecule has 2 aromatic rings. The molecular weight excluding hydrogens is 338 g/mol. The molecule has 0 atom stereocenters. The minimum absolute atomic E-state index is 0.154. The first-order valence-electron chi connectivity index (χ1n) is 9.32. The molecular formula is C22H25N3O2. The number of nitrogens with one attached hydrogen (secondary N) is 1. The summed E-state index contributed by atoms with van der Waals surface area (Å²) in [6.07, 6.45) is 3.89. The number of piperazine rings is 1. The second-order valence-corrected chi connectivity index (χ2v) is 6.50. The second-order valence-electron chi connectivity index (χ2n) is 6.50. The number of carbonyl (C=O) groups is 2. The van der Waals surface area contributed by atoms with Crippen LogP contribution in [0.1, 0.15) is 18.9 Å². The van der Waals surface area contributed by atoms with Gasteiger partial charge in [0.1, 0.15) is 0 Å². The van der Waals surface area contributed by atoms with Gasteiger partial charge < -0.3 is 15.1 Å². The molecule has 0 unspecified atom stereocenters. The number of amides is 2. The van der Waals surface area contributed by atoms with Crippen LogP contribution in [0.4, 0.5) is 11.4 Å². The lowest BCUT2D eigenvalue weighted by molar-refractivity contribution is -0.131. The molecule has 5 heteroatoms. The van der Waals surface area contributed by atoms with Gasteiger partial charge in [-0.15, -0.1) is 0 Å². The molecule has 2 aromatic carbocycles. The molecule has 1 N–H and O–H groups in total. The largest absolute Gasteiger partial charge is 0.368 e. The SMILES string of the molecule is CCC(=O)N1CCN(c2ccc(NC(=O)C=Cc3ccccc3)cc2)CC1. The van der Waals surface area contributed by atoms with Crippen molar-refractivity contribution in [2.24, 2.45) is 0 Å². The molecule has 1 saturated heterocycles. The van der Waals surface area contributed by atoms with Crippen LogP contribution >= 0.6 is 0 Å². The highest BCUT2D eigenvalue weighted by molar-refractivity contribution is 6.02. The average Bonchev–Trinajstić information content (AvgIpc) is 2.73. The first kappa shape index (κ1) is 18.7. The van der Waals surface area contributed by atoms with Crippen LogP contribution in [0.2, 0.25) is 0 Å². The molecule has 0 bridgehead atoms. The van der Waals surface area contributed by atoms with Crippen LogP contribution in [0.25, 0.3) is 6.08 Å². The van der Waals surface area contributed by atoms with Gasteiger partial charge in [0.05, 0.1) is 0 Å². The number of anilines is 2. The summed E-state index contributed by atoms with van der Waals surface area (Å²) >= 11 is 0. The molecule has 5 nitrogen and oxygen atoms in total. The van der Waals surface area contributed by atoms with Gasteiger partial charge in [-0.25, -0.2) is 0 Å². The van der Waals surface area contributed by atoms with E-state index in [-0.39, 0.29) is 11.8 Å². The van der Waals surface area contributed by atoms with E-state index >= 15 is 0 Å². The van der Waals surface area contributed by atoms with Gasteiger partial charge in [0, 0.05) is 50.1 Å². The first-order valence-corrected chi connectivity index (χ1v) is 9.32. The van der Waals surface area contributed by atoms with Gasteiger partial charge in [-0.3, -0.25) is 9.59 Å². The van der Waals surface area contributed by atoms with E-state index < -0.39 is 0 Å². The molecule has 1 heterocycles. The Hall–Kier alpha value is -3.08. The third kappa shape index (κ3) is 5.20. The van der Waals surface area contributed by atoms with Gasteiger partial charge in [0.25, 0.3) is 0 Å². The lowest BCUT2D eigenvalue weighted by Gasteiger charge is -2.36. The number of nitrogens with zero attached hydrogens (tertiary/aromatic N) is 2. The molecule has 1 aliphatic rings. The third-order valence-corrected chi connectivity index (χ3v) is 4.66. The van der Waals surface area contributed by atoms with Crippen molar-refractivity contribution in [2.75, 3.05) is 36.4 Å². The average molecular weight is 363 g/mol. The second kappa shape index (κ2) is 9.03. The van der Waals surface area contributed by atoms with Crippen molar-refractivity contribution < 1.29 is 9.59 Å². The van der Waals surface area contributed by atoms with Crippen molar-refractivity contribution >= 4 is 29.3 Å². The number of hydrogen-bond acceptors (Lipinski definition) is 3. The quantitative estimate of drug-likeness (QED) is 0.829. The van der Waals surface area contributed by atoms with Gasteiger partial charge in [-0.2, -0.15) is 0 Å². The Morgan fingerprint density at radius 3 is 2.26 bits per heavy atom. The van der Waals surface area contributed by atoms with E-state index in [9.17, 15) is 9.59 Å². The van der Waals surface area contributed by atoms with Crippen LogP contribution in [-0.4, -0.2) is 42.9 Å². The van der Waals surface area contributed by atoms with Gasteiger partial charge in [0.2, 0.25) is 11.8 Å². The van der Waals surface area contributed by atoms with Crippen LogP contribution in [0, 0.1) is 0 Å². The maximum atomic E-state index is 12.1. The Bertz CT molecular complexity index is 792. The van der Waals surface area contributed by atoms with Gasteiger partial charge in [-0.05, 0) is 35.9 Å². The van der Waals surface area contributed by atoms with Gasteiger partial charge in [-0.1, -0.05) is 37.3 Å². The summed E-state index contributed by atoms with van der Waals surface area (Å²) in [4.78, 5) is 28.0. The molecule has 140 valence electrons. The molecule has 0 radical (unpaired) electrons. The minimum Gasteiger partial charge on any atom is -0.368 e. The number of benzene rings is 2. The fourth-order valence-electron chi connectivity index (χ4n) is 3.11. The van der Waals surface area contributed by atoms with Crippen LogP contribution in [0.5, 0.6) is 0 Å². The Morgan fingerprint density at radius 2 is 1.63 bits per heavy atom. The van der Waals surface area contributed by atoms with Gasteiger partial charge >= 0.3 is 0 Å².